The molecule has 0 radical (unpaired) electrons. The molecule has 8 heteroatoms. The van der Waals surface area contributed by atoms with Crippen molar-refractivity contribution in [1.29, 1.82) is 0 Å². The van der Waals surface area contributed by atoms with Crippen molar-refractivity contribution in [2.45, 2.75) is 63.4 Å². The maximum atomic E-state index is 12.9. The van der Waals surface area contributed by atoms with Crippen LogP contribution in [-0.2, 0) is 26.4 Å². The lowest BCUT2D eigenvalue weighted by atomic mass is 10.1. The summed E-state index contributed by atoms with van der Waals surface area (Å²) in [6.45, 7) is 3.56. The maximum absolute atomic E-state index is 12.9. The molecule has 202 valence electrons. The first-order valence-electron chi connectivity index (χ1n) is 13.2. The molecule has 2 aromatic rings. The van der Waals surface area contributed by atoms with Gasteiger partial charge in [0.15, 0.2) is 6.10 Å². The average Bonchev–Trinajstić information content (AvgIpc) is 3.41. The van der Waals surface area contributed by atoms with Crippen molar-refractivity contribution in [3.8, 4) is 5.75 Å². The highest BCUT2D eigenvalue weighted by Crippen LogP contribution is 2.22. The Labute approximate surface area is 224 Å². The van der Waals surface area contributed by atoms with Gasteiger partial charge in [0.1, 0.15) is 18.5 Å². The third kappa shape index (κ3) is 10.7. The van der Waals surface area contributed by atoms with Crippen LogP contribution >= 0.6 is 11.8 Å². The van der Waals surface area contributed by atoms with Crippen LogP contribution in [0.3, 0.4) is 0 Å². The first-order chi connectivity index (χ1) is 18.0. The summed E-state index contributed by atoms with van der Waals surface area (Å²) in [5.41, 5.74) is 2.17. The van der Waals surface area contributed by atoms with Crippen molar-refractivity contribution < 1.29 is 28.9 Å². The van der Waals surface area contributed by atoms with Crippen LogP contribution in [-0.4, -0.2) is 66.3 Å². The fourth-order valence-electron chi connectivity index (χ4n) is 4.27. The summed E-state index contributed by atoms with van der Waals surface area (Å²) in [6.07, 6.45) is 4.22. The summed E-state index contributed by atoms with van der Waals surface area (Å²) in [4.78, 5) is 25.9. The van der Waals surface area contributed by atoms with Gasteiger partial charge in [-0.15, -0.1) is 0 Å². The zero-order valence-electron chi connectivity index (χ0n) is 21.7. The largest absolute Gasteiger partial charge is 0.492 e. The Morgan fingerprint density at radius 3 is 2.43 bits per heavy atom. The van der Waals surface area contributed by atoms with E-state index in [0.29, 0.717) is 38.5 Å². The molecular formula is C29H39NO6S. The van der Waals surface area contributed by atoms with Gasteiger partial charge >= 0.3 is 12.1 Å². The third-order valence-corrected chi connectivity index (χ3v) is 7.39. The normalized spacial score (nSPS) is 14.3. The second-order valence-corrected chi connectivity index (χ2v) is 10.3. The number of carbonyl (C=O) groups excluding carboxylic acids is 1. The van der Waals surface area contributed by atoms with Crippen LogP contribution in [0.5, 0.6) is 5.75 Å². The Balaban J connectivity index is 1.45. The Morgan fingerprint density at radius 1 is 1.03 bits per heavy atom. The van der Waals surface area contributed by atoms with Gasteiger partial charge in [-0.05, 0) is 68.0 Å². The van der Waals surface area contributed by atoms with Gasteiger partial charge in [-0.25, -0.2) is 9.59 Å². The molecule has 1 unspecified atom stereocenters. The fraction of sp³-hybridized carbons (Fsp3) is 0.517. The number of aliphatic carboxylic acids is 1. The maximum Gasteiger partial charge on any atom is 0.410 e. The van der Waals surface area contributed by atoms with E-state index in [1.54, 1.807) is 11.8 Å². The van der Waals surface area contributed by atoms with Gasteiger partial charge in [0.2, 0.25) is 0 Å². The lowest BCUT2D eigenvalue weighted by Crippen LogP contribution is -2.37. The van der Waals surface area contributed by atoms with Gasteiger partial charge in [-0.1, -0.05) is 42.5 Å². The molecule has 0 spiro atoms. The van der Waals surface area contributed by atoms with Crippen molar-refractivity contribution in [3.63, 3.8) is 0 Å². The molecule has 0 aliphatic heterocycles. The highest BCUT2D eigenvalue weighted by molar-refractivity contribution is 7.98. The minimum atomic E-state index is -0.967. The Hall–Kier alpha value is -2.71. The number of carboxylic acids is 1. The summed E-state index contributed by atoms with van der Waals surface area (Å²) >= 11 is 1.87. The zero-order valence-corrected chi connectivity index (χ0v) is 22.5. The van der Waals surface area contributed by atoms with E-state index >= 15 is 0 Å². The molecule has 1 atom stereocenters. The topological polar surface area (TPSA) is 85.3 Å². The second kappa shape index (κ2) is 16.2. The van der Waals surface area contributed by atoms with E-state index in [1.807, 2.05) is 42.1 Å². The van der Waals surface area contributed by atoms with Gasteiger partial charge in [0, 0.05) is 25.3 Å². The molecule has 7 nitrogen and oxygen atoms in total. The van der Waals surface area contributed by atoms with E-state index in [2.05, 4.69) is 24.3 Å². The number of thioether (sulfide) groups is 1. The Kier molecular flexibility index (Phi) is 12.6. The van der Waals surface area contributed by atoms with Crippen molar-refractivity contribution in [1.82, 2.24) is 4.90 Å². The summed E-state index contributed by atoms with van der Waals surface area (Å²) in [7, 11) is 0. The van der Waals surface area contributed by atoms with Crippen LogP contribution < -0.4 is 4.74 Å². The minimum absolute atomic E-state index is 0.0298. The third-order valence-electron chi connectivity index (χ3n) is 6.27. The van der Waals surface area contributed by atoms with Crippen LogP contribution in [0.2, 0.25) is 0 Å². The molecule has 1 aliphatic rings. The predicted molar refractivity (Wildman–Crippen MR) is 146 cm³/mol. The molecule has 3 rings (SSSR count). The summed E-state index contributed by atoms with van der Waals surface area (Å²) in [6, 6.07) is 17.7. The molecule has 0 saturated heterocycles. The molecule has 0 heterocycles. The highest BCUT2D eigenvalue weighted by atomic mass is 32.2. The van der Waals surface area contributed by atoms with Crippen LogP contribution in [0.1, 0.15) is 50.2 Å². The van der Waals surface area contributed by atoms with Gasteiger partial charge < -0.3 is 24.2 Å². The van der Waals surface area contributed by atoms with E-state index in [0.717, 1.165) is 49.2 Å². The van der Waals surface area contributed by atoms with Crippen LogP contribution in [0.15, 0.2) is 54.6 Å². The van der Waals surface area contributed by atoms with Crippen LogP contribution in [0.25, 0.3) is 0 Å². The molecule has 1 saturated carbocycles. The average molecular weight is 530 g/mol. The second-order valence-electron chi connectivity index (χ2n) is 9.15. The number of benzene rings is 2. The first kappa shape index (κ1) is 28.9. The standard InChI is InChI=1S/C29H39NO6S/c1-2-34-27(28(31)32)21-23-13-15-25(16-14-23)35-19-18-30(29(33)36-26-11-6-7-12-26)17-8-20-37-22-24-9-4-3-5-10-24/h3-5,9-10,13-16,26-27H,2,6-8,11-12,17-22H2,1H3,(H,31,32). The fourth-order valence-corrected chi connectivity index (χ4v) is 5.17. The molecule has 1 amide bonds. The minimum Gasteiger partial charge on any atom is -0.492 e. The number of carboxylic acid groups (broad SMARTS) is 1. The predicted octanol–water partition coefficient (Wildman–Crippen LogP) is 5.80. The van der Waals surface area contributed by atoms with E-state index in [9.17, 15) is 14.7 Å². The van der Waals surface area contributed by atoms with E-state index < -0.39 is 12.1 Å². The van der Waals surface area contributed by atoms with Gasteiger partial charge in [0.05, 0.1) is 6.54 Å². The molecule has 2 aromatic carbocycles. The molecule has 1 N–H and O–H groups in total. The van der Waals surface area contributed by atoms with E-state index in [-0.39, 0.29) is 12.2 Å². The monoisotopic (exact) mass is 529 g/mol. The van der Waals surface area contributed by atoms with Crippen LogP contribution in [0, 0.1) is 0 Å². The number of rotatable bonds is 16. The van der Waals surface area contributed by atoms with Crippen molar-refractivity contribution in [2.75, 3.05) is 32.1 Å². The van der Waals surface area contributed by atoms with Gasteiger partial charge in [-0.3, -0.25) is 0 Å². The zero-order chi connectivity index (χ0) is 26.3. The number of ether oxygens (including phenoxy) is 3. The number of nitrogens with zero attached hydrogens (tertiary/aromatic N) is 1. The number of hydrogen-bond donors (Lipinski definition) is 1. The lowest BCUT2D eigenvalue weighted by Gasteiger charge is -2.24. The van der Waals surface area contributed by atoms with Crippen molar-refractivity contribution >= 4 is 23.8 Å². The Bertz CT molecular complexity index is 933. The van der Waals surface area contributed by atoms with Crippen molar-refractivity contribution in [3.05, 3.63) is 65.7 Å². The number of amides is 1. The SMILES string of the molecule is CCOC(Cc1ccc(OCCN(CCCSCc2ccccc2)C(=O)OC2CCCC2)cc1)C(=O)O. The van der Waals surface area contributed by atoms with Crippen molar-refractivity contribution in [2.24, 2.45) is 0 Å². The summed E-state index contributed by atoms with van der Waals surface area (Å²) in [5.74, 6) is 1.63. The van der Waals surface area contributed by atoms with Gasteiger partial charge in [-0.2, -0.15) is 11.8 Å². The molecule has 0 aromatic heterocycles. The summed E-state index contributed by atoms with van der Waals surface area (Å²) < 4.78 is 16.9. The molecule has 37 heavy (non-hydrogen) atoms. The molecular weight excluding hydrogens is 490 g/mol. The number of carbonyl (C=O) groups is 2. The Morgan fingerprint density at radius 2 is 1.76 bits per heavy atom. The van der Waals surface area contributed by atoms with E-state index in [4.69, 9.17) is 14.2 Å². The molecule has 1 fully saturated rings. The van der Waals surface area contributed by atoms with E-state index in [1.165, 1.54) is 5.56 Å². The number of hydrogen-bond acceptors (Lipinski definition) is 6. The first-order valence-corrected chi connectivity index (χ1v) is 14.3. The highest BCUT2D eigenvalue weighted by Gasteiger charge is 2.23. The van der Waals surface area contributed by atoms with Gasteiger partial charge in [0.25, 0.3) is 0 Å². The van der Waals surface area contributed by atoms with Crippen LogP contribution in [0.4, 0.5) is 4.79 Å². The quantitative estimate of drug-likeness (QED) is 0.275. The molecule has 0 bridgehead atoms. The lowest BCUT2D eigenvalue weighted by molar-refractivity contribution is -0.149. The summed E-state index contributed by atoms with van der Waals surface area (Å²) in [5, 5.41) is 9.27. The smallest absolute Gasteiger partial charge is 0.410 e. The molecule has 1 aliphatic carbocycles.